The van der Waals surface area contributed by atoms with E-state index < -0.39 is 5.79 Å². The van der Waals surface area contributed by atoms with Gasteiger partial charge < -0.3 is 9.47 Å². The standard InChI is InChI=1S/C32H38O2/c1-4-5-6-7-8-9-23-31(29-22-14-18-25-16-10-12-20-27(25)29)32(33-2,34-3)30-24-15-19-26-17-11-13-21-28(26)30/h10-22,24,31H,4-9,23H2,1-3H3. The second kappa shape index (κ2) is 11.6. The third-order valence-electron chi connectivity index (χ3n) is 7.28. The normalized spacial score (nSPS) is 12.9. The lowest BCUT2D eigenvalue weighted by atomic mass is 9.78. The molecule has 0 aliphatic carbocycles. The van der Waals surface area contributed by atoms with E-state index in [4.69, 9.17) is 9.47 Å². The molecule has 1 atom stereocenters. The van der Waals surface area contributed by atoms with Crippen molar-refractivity contribution in [2.24, 2.45) is 0 Å². The van der Waals surface area contributed by atoms with Gasteiger partial charge in [0.15, 0.2) is 0 Å². The lowest BCUT2D eigenvalue weighted by molar-refractivity contribution is -0.232. The summed E-state index contributed by atoms with van der Waals surface area (Å²) in [6.07, 6.45) is 8.59. The summed E-state index contributed by atoms with van der Waals surface area (Å²) in [5.74, 6) is -0.820. The van der Waals surface area contributed by atoms with Crippen LogP contribution < -0.4 is 0 Å². The highest BCUT2D eigenvalue weighted by molar-refractivity contribution is 5.88. The molecule has 1 unspecified atom stereocenters. The molecule has 0 N–H and O–H groups in total. The average Bonchev–Trinajstić information content (AvgIpc) is 2.90. The van der Waals surface area contributed by atoms with Crippen LogP contribution >= 0.6 is 0 Å². The molecule has 4 rings (SSSR count). The maximum Gasteiger partial charge on any atom is 0.201 e. The molecule has 0 aromatic heterocycles. The van der Waals surface area contributed by atoms with Gasteiger partial charge in [-0.05, 0) is 33.5 Å². The highest BCUT2D eigenvalue weighted by Gasteiger charge is 2.43. The van der Waals surface area contributed by atoms with Gasteiger partial charge in [0.2, 0.25) is 5.79 Å². The third kappa shape index (κ3) is 4.89. The van der Waals surface area contributed by atoms with Crippen molar-refractivity contribution in [3.05, 3.63) is 96.1 Å². The molecule has 2 nitrogen and oxygen atoms in total. The molecule has 4 aromatic carbocycles. The Kier molecular flexibility index (Phi) is 8.37. The van der Waals surface area contributed by atoms with E-state index in [1.165, 1.54) is 59.2 Å². The summed E-state index contributed by atoms with van der Waals surface area (Å²) in [6.45, 7) is 2.27. The Morgan fingerprint density at radius 2 is 1.18 bits per heavy atom. The Morgan fingerprint density at radius 3 is 1.88 bits per heavy atom. The van der Waals surface area contributed by atoms with Crippen molar-refractivity contribution in [3.63, 3.8) is 0 Å². The van der Waals surface area contributed by atoms with E-state index in [-0.39, 0.29) is 5.92 Å². The van der Waals surface area contributed by atoms with E-state index in [1.54, 1.807) is 14.2 Å². The minimum atomic E-state index is -0.881. The smallest absolute Gasteiger partial charge is 0.201 e. The number of unbranched alkanes of at least 4 members (excludes halogenated alkanes) is 5. The van der Waals surface area contributed by atoms with Crippen LogP contribution in [-0.2, 0) is 15.3 Å². The Bertz CT molecular complexity index is 1180. The van der Waals surface area contributed by atoms with Gasteiger partial charge >= 0.3 is 0 Å². The van der Waals surface area contributed by atoms with E-state index in [9.17, 15) is 0 Å². The van der Waals surface area contributed by atoms with Crippen LogP contribution in [0.4, 0.5) is 0 Å². The summed E-state index contributed by atoms with van der Waals surface area (Å²) >= 11 is 0. The summed E-state index contributed by atoms with van der Waals surface area (Å²) in [7, 11) is 3.59. The van der Waals surface area contributed by atoms with Gasteiger partial charge in [-0.3, -0.25) is 0 Å². The topological polar surface area (TPSA) is 18.5 Å². The van der Waals surface area contributed by atoms with Crippen LogP contribution in [0.15, 0.2) is 84.9 Å². The molecule has 0 saturated carbocycles. The molecule has 4 aromatic rings. The largest absolute Gasteiger partial charge is 0.349 e. The molecule has 0 amide bonds. The van der Waals surface area contributed by atoms with E-state index in [1.807, 2.05) is 0 Å². The number of fused-ring (bicyclic) bond motifs is 2. The molecule has 178 valence electrons. The van der Waals surface area contributed by atoms with Crippen molar-refractivity contribution >= 4 is 21.5 Å². The molecule has 0 saturated heterocycles. The number of hydrogen-bond acceptors (Lipinski definition) is 2. The predicted octanol–water partition coefficient (Wildman–Crippen LogP) is 8.97. The second-order valence-electron chi connectivity index (χ2n) is 9.28. The maximum atomic E-state index is 6.42. The van der Waals surface area contributed by atoms with Crippen LogP contribution in [-0.4, -0.2) is 14.2 Å². The number of rotatable bonds is 12. The first-order valence-corrected chi connectivity index (χ1v) is 12.8. The Hall–Kier alpha value is -2.68. The monoisotopic (exact) mass is 454 g/mol. The lowest BCUT2D eigenvalue weighted by Gasteiger charge is -2.40. The average molecular weight is 455 g/mol. The molecule has 34 heavy (non-hydrogen) atoms. The van der Waals surface area contributed by atoms with Crippen molar-refractivity contribution in [3.8, 4) is 0 Å². The fraction of sp³-hybridized carbons (Fsp3) is 0.375. The Labute approximate surface area is 204 Å². The molecule has 0 aliphatic heterocycles. The summed E-state index contributed by atoms with van der Waals surface area (Å²) in [4.78, 5) is 0. The van der Waals surface area contributed by atoms with E-state index in [0.29, 0.717) is 0 Å². The van der Waals surface area contributed by atoms with Gasteiger partial charge in [0, 0.05) is 25.7 Å². The van der Waals surface area contributed by atoms with E-state index in [0.717, 1.165) is 18.4 Å². The van der Waals surface area contributed by atoms with Crippen LogP contribution in [0.1, 0.15) is 68.9 Å². The van der Waals surface area contributed by atoms with Gasteiger partial charge in [-0.2, -0.15) is 0 Å². The summed E-state index contributed by atoms with van der Waals surface area (Å²) in [5.41, 5.74) is 2.39. The number of benzene rings is 4. The highest BCUT2D eigenvalue weighted by Crippen LogP contribution is 2.47. The zero-order valence-electron chi connectivity index (χ0n) is 20.9. The minimum absolute atomic E-state index is 0.0607. The summed E-state index contributed by atoms with van der Waals surface area (Å²) in [6, 6.07) is 30.3. The number of ether oxygens (including phenoxy) is 2. The van der Waals surface area contributed by atoms with Crippen molar-refractivity contribution in [1.82, 2.24) is 0 Å². The van der Waals surface area contributed by atoms with Crippen molar-refractivity contribution in [2.75, 3.05) is 14.2 Å². The van der Waals surface area contributed by atoms with Crippen molar-refractivity contribution in [1.29, 1.82) is 0 Å². The molecule has 2 heteroatoms. The first-order chi connectivity index (χ1) is 16.7. The Morgan fingerprint density at radius 1 is 0.618 bits per heavy atom. The highest BCUT2D eigenvalue weighted by atomic mass is 16.7. The molecule has 0 heterocycles. The molecular formula is C32H38O2. The summed E-state index contributed by atoms with van der Waals surface area (Å²) < 4.78 is 12.8. The molecule has 0 fully saturated rings. The quantitative estimate of drug-likeness (QED) is 0.157. The van der Waals surface area contributed by atoms with Gasteiger partial charge in [0.25, 0.3) is 0 Å². The minimum Gasteiger partial charge on any atom is -0.349 e. The molecule has 0 bridgehead atoms. The van der Waals surface area contributed by atoms with E-state index in [2.05, 4.69) is 91.9 Å². The zero-order chi connectivity index (χ0) is 23.8. The third-order valence-corrected chi connectivity index (χ3v) is 7.28. The zero-order valence-corrected chi connectivity index (χ0v) is 20.9. The fourth-order valence-electron chi connectivity index (χ4n) is 5.54. The van der Waals surface area contributed by atoms with Crippen LogP contribution in [0, 0.1) is 0 Å². The maximum absolute atomic E-state index is 6.42. The lowest BCUT2D eigenvalue weighted by Crippen LogP contribution is -2.38. The first-order valence-electron chi connectivity index (χ1n) is 12.8. The van der Waals surface area contributed by atoms with Crippen LogP contribution in [0.5, 0.6) is 0 Å². The fourth-order valence-corrected chi connectivity index (χ4v) is 5.54. The summed E-state index contributed by atoms with van der Waals surface area (Å²) in [5, 5.41) is 4.92. The van der Waals surface area contributed by atoms with Gasteiger partial charge in [-0.1, -0.05) is 130 Å². The van der Waals surface area contributed by atoms with Crippen LogP contribution in [0.25, 0.3) is 21.5 Å². The van der Waals surface area contributed by atoms with Crippen LogP contribution in [0.3, 0.4) is 0 Å². The van der Waals surface area contributed by atoms with Gasteiger partial charge in [-0.25, -0.2) is 0 Å². The van der Waals surface area contributed by atoms with Gasteiger partial charge in [-0.15, -0.1) is 0 Å². The van der Waals surface area contributed by atoms with Gasteiger partial charge in [0.1, 0.15) is 0 Å². The number of hydrogen-bond donors (Lipinski definition) is 0. The SMILES string of the molecule is CCCCCCCCC(c1cccc2ccccc12)C(OC)(OC)c1cccc2ccccc12. The predicted molar refractivity (Wildman–Crippen MR) is 144 cm³/mol. The Balaban J connectivity index is 1.82. The van der Waals surface area contributed by atoms with Gasteiger partial charge in [0.05, 0.1) is 0 Å². The molecule has 0 radical (unpaired) electrons. The second-order valence-corrected chi connectivity index (χ2v) is 9.28. The molecule has 0 aliphatic rings. The number of methoxy groups -OCH3 is 2. The molecular weight excluding hydrogens is 416 g/mol. The van der Waals surface area contributed by atoms with Crippen molar-refractivity contribution in [2.45, 2.75) is 63.6 Å². The van der Waals surface area contributed by atoms with E-state index >= 15 is 0 Å². The van der Waals surface area contributed by atoms with Crippen molar-refractivity contribution < 1.29 is 9.47 Å². The van der Waals surface area contributed by atoms with Crippen LogP contribution in [0.2, 0.25) is 0 Å². The first kappa shape index (κ1) is 24.4. The molecule has 0 spiro atoms.